The first-order valence-corrected chi connectivity index (χ1v) is 15.7. The second-order valence-electron chi connectivity index (χ2n) is 12.1. The minimum atomic E-state index is -0.0890. The lowest BCUT2D eigenvalue weighted by Crippen LogP contribution is -2.37. The van der Waals surface area contributed by atoms with Crippen LogP contribution in [-0.2, 0) is 11.2 Å². The van der Waals surface area contributed by atoms with Crippen LogP contribution in [0.3, 0.4) is 0 Å². The van der Waals surface area contributed by atoms with Gasteiger partial charge in [0.05, 0.1) is 4.43 Å². The SMILES string of the molecule is Cc1c(C)c2c(c(C)c1NC(=O)CI)CC[C@](C)(CCC[C@H](C)CCC[C@@H](C)CCCC(C)C)O2. The molecule has 0 saturated carbocycles. The van der Waals surface area contributed by atoms with E-state index in [0.717, 1.165) is 54.0 Å². The zero-order valence-electron chi connectivity index (χ0n) is 23.9. The highest BCUT2D eigenvalue weighted by atomic mass is 127. The number of benzene rings is 1. The number of hydrogen-bond donors (Lipinski definition) is 1. The van der Waals surface area contributed by atoms with E-state index >= 15 is 0 Å². The number of hydrogen-bond acceptors (Lipinski definition) is 2. The molecule has 3 atom stereocenters. The second kappa shape index (κ2) is 14.2. The topological polar surface area (TPSA) is 38.3 Å². The van der Waals surface area contributed by atoms with E-state index in [2.05, 4.69) is 83.3 Å². The van der Waals surface area contributed by atoms with Crippen LogP contribution in [0.2, 0.25) is 0 Å². The summed E-state index contributed by atoms with van der Waals surface area (Å²) < 4.78 is 7.20. The van der Waals surface area contributed by atoms with Crippen LogP contribution in [0.15, 0.2) is 0 Å². The van der Waals surface area contributed by atoms with Crippen LogP contribution in [0.1, 0.15) is 121 Å². The first-order chi connectivity index (χ1) is 16.5. The van der Waals surface area contributed by atoms with E-state index in [-0.39, 0.29) is 11.5 Å². The van der Waals surface area contributed by atoms with Gasteiger partial charge >= 0.3 is 0 Å². The Labute approximate surface area is 230 Å². The number of carbonyl (C=O) groups excluding carboxylic acids is 1. The van der Waals surface area contributed by atoms with Gasteiger partial charge in [0, 0.05) is 5.69 Å². The number of halogens is 1. The zero-order chi connectivity index (χ0) is 26.2. The zero-order valence-corrected chi connectivity index (χ0v) is 26.1. The van der Waals surface area contributed by atoms with Crippen LogP contribution in [-0.4, -0.2) is 15.9 Å². The number of fused-ring (bicyclic) bond motifs is 1. The monoisotopic (exact) mass is 597 g/mol. The number of alkyl halides is 1. The molecule has 3 nitrogen and oxygen atoms in total. The first-order valence-electron chi connectivity index (χ1n) is 14.1. The summed E-state index contributed by atoms with van der Waals surface area (Å²) in [5, 5.41) is 3.12. The van der Waals surface area contributed by atoms with Gasteiger partial charge in [0.25, 0.3) is 0 Å². The molecule has 1 N–H and O–H groups in total. The predicted molar refractivity (Wildman–Crippen MR) is 160 cm³/mol. The third-order valence-corrected chi connectivity index (χ3v) is 8.99. The smallest absolute Gasteiger partial charge is 0.234 e. The number of ether oxygens (including phenoxy) is 1. The molecule has 4 heteroatoms. The Hall–Kier alpha value is -0.780. The van der Waals surface area contributed by atoms with Gasteiger partial charge in [0.1, 0.15) is 11.4 Å². The molecule has 0 bridgehead atoms. The highest BCUT2D eigenvalue weighted by Gasteiger charge is 2.34. The fourth-order valence-corrected chi connectivity index (χ4v) is 5.84. The van der Waals surface area contributed by atoms with Crippen molar-refractivity contribution in [3.8, 4) is 5.75 Å². The minimum absolute atomic E-state index is 0.0624. The largest absolute Gasteiger partial charge is 0.487 e. The predicted octanol–water partition coefficient (Wildman–Crippen LogP) is 9.51. The van der Waals surface area contributed by atoms with Gasteiger partial charge in [-0.1, -0.05) is 95.2 Å². The molecular formula is C31H52INO2. The van der Waals surface area contributed by atoms with Crippen LogP contribution >= 0.6 is 22.6 Å². The van der Waals surface area contributed by atoms with Crippen molar-refractivity contribution < 1.29 is 9.53 Å². The molecule has 0 fully saturated rings. The van der Waals surface area contributed by atoms with E-state index in [0.29, 0.717) is 4.43 Å². The van der Waals surface area contributed by atoms with Crippen molar-refractivity contribution in [2.75, 3.05) is 9.74 Å². The van der Waals surface area contributed by atoms with Crippen molar-refractivity contribution in [3.63, 3.8) is 0 Å². The van der Waals surface area contributed by atoms with Crippen molar-refractivity contribution in [1.29, 1.82) is 0 Å². The van der Waals surface area contributed by atoms with Gasteiger partial charge in [-0.15, -0.1) is 0 Å². The first kappa shape index (κ1) is 30.4. The van der Waals surface area contributed by atoms with Crippen molar-refractivity contribution in [3.05, 3.63) is 22.3 Å². The molecule has 0 aromatic heterocycles. The van der Waals surface area contributed by atoms with Crippen LogP contribution in [0.25, 0.3) is 0 Å². The molecule has 1 aliphatic heterocycles. The highest BCUT2D eigenvalue weighted by molar-refractivity contribution is 14.1. The molecular weight excluding hydrogens is 545 g/mol. The Morgan fingerprint density at radius 2 is 1.49 bits per heavy atom. The van der Waals surface area contributed by atoms with Crippen molar-refractivity contribution in [2.45, 2.75) is 132 Å². The molecule has 1 aromatic carbocycles. The van der Waals surface area contributed by atoms with E-state index in [1.807, 2.05) is 0 Å². The summed E-state index contributed by atoms with van der Waals surface area (Å²) in [6, 6.07) is 0. The Morgan fingerprint density at radius 1 is 0.914 bits per heavy atom. The third-order valence-electron chi connectivity index (χ3n) is 8.29. The second-order valence-corrected chi connectivity index (χ2v) is 12.9. The molecule has 0 radical (unpaired) electrons. The standard InChI is InChI=1S/C31H52INO2/c1-21(2)12-9-13-22(3)14-10-15-23(4)16-11-18-31(8)19-17-27-26(7)29(33-28(34)20-32)24(5)25(6)30(27)35-31/h21-23H,9-20H2,1-8H3,(H,33,34)/t22-,23+,31-/m0/s1. The molecule has 0 unspecified atom stereocenters. The summed E-state index contributed by atoms with van der Waals surface area (Å²) in [5.41, 5.74) is 5.67. The number of nitrogens with one attached hydrogen (secondary N) is 1. The molecule has 2 rings (SSSR count). The number of amides is 1. The minimum Gasteiger partial charge on any atom is -0.487 e. The van der Waals surface area contributed by atoms with Gasteiger partial charge in [-0.3, -0.25) is 4.79 Å². The lowest BCUT2D eigenvalue weighted by Gasteiger charge is -2.38. The summed E-state index contributed by atoms with van der Waals surface area (Å²) in [6.07, 6.45) is 14.0. The van der Waals surface area contributed by atoms with E-state index in [1.54, 1.807) is 0 Å². The number of anilines is 1. The third kappa shape index (κ3) is 9.23. The Balaban J connectivity index is 1.84. The molecule has 1 heterocycles. The summed E-state index contributed by atoms with van der Waals surface area (Å²) >= 11 is 2.12. The average Bonchev–Trinajstić information content (AvgIpc) is 2.79. The molecule has 200 valence electrons. The van der Waals surface area contributed by atoms with Gasteiger partial charge in [-0.2, -0.15) is 0 Å². The van der Waals surface area contributed by atoms with Crippen LogP contribution in [0, 0.1) is 38.5 Å². The van der Waals surface area contributed by atoms with Gasteiger partial charge in [0.15, 0.2) is 0 Å². The molecule has 0 saturated heterocycles. The summed E-state index contributed by atoms with van der Waals surface area (Å²) in [7, 11) is 0. The Bertz CT molecular complexity index is 834. The molecule has 1 amide bonds. The number of carbonyl (C=O) groups is 1. The lowest BCUT2D eigenvalue weighted by molar-refractivity contribution is -0.113. The fourth-order valence-electron chi connectivity index (χ4n) is 5.65. The van der Waals surface area contributed by atoms with Crippen LogP contribution < -0.4 is 10.1 Å². The van der Waals surface area contributed by atoms with Crippen LogP contribution in [0.4, 0.5) is 5.69 Å². The molecule has 0 aliphatic carbocycles. The van der Waals surface area contributed by atoms with E-state index in [9.17, 15) is 4.79 Å². The van der Waals surface area contributed by atoms with Crippen molar-refractivity contribution in [2.24, 2.45) is 17.8 Å². The van der Waals surface area contributed by atoms with E-state index in [4.69, 9.17) is 4.74 Å². The van der Waals surface area contributed by atoms with Gasteiger partial charge < -0.3 is 10.1 Å². The fraction of sp³-hybridized carbons (Fsp3) is 0.774. The van der Waals surface area contributed by atoms with E-state index < -0.39 is 0 Å². The van der Waals surface area contributed by atoms with Gasteiger partial charge in [-0.25, -0.2) is 0 Å². The molecule has 1 aromatic rings. The van der Waals surface area contributed by atoms with Crippen LogP contribution in [0.5, 0.6) is 5.75 Å². The summed E-state index contributed by atoms with van der Waals surface area (Å²) in [5.74, 6) is 3.65. The summed E-state index contributed by atoms with van der Waals surface area (Å²) in [4.78, 5) is 12.1. The maximum Gasteiger partial charge on any atom is 0.234 e. The van der Waals surface area contributed by atoms with E-state index in [1.165, 1.54) is 68.1 Å². The molecule has 0 spiro atoms. The molecule has 1 aliphatic rings. The van der Waals surface area contributed by atoms with Gasteiger partial charge in [0.2, 0.25) is 5.91 Å². The number of rotatable bonds is 14. The Morgan fingerprint density at radius 3 is 2.06 bits per heavy atom. The van der Waals surface area contributed by atoms with Crippen molar-refractivity contribution >= 4 is 34.2 Å². The quantitative estimate of drug-likeness (QED) is 0.171. The maximum absolute atomic E-state index is 12.1. The Kier molecular flexibility index (Phi) is 12.4. The van der Waals surface area contributed by atoms with Gasteiger partial charge in [-0.05, 0) is 93.4 Å². The van der Waals surface area contributed by atoms with Crippen molar-refractivity contribution in [1.82, 2.24) is 0 Å². The highest BCUT2D eigenvalue weighted by Crippen LogP contribution is 2.44. The normalized spacial score (nSPS) is 19.3. The maximum atomic E-state index is 12.1. The average molecular weight is 598 g/mol. The molecule has 35 heavy (non-hydrogen) atoms. The summed E-state index contributed by atoms with van der Waals surface area (Å²) in [6.45, 7) is 18.2. The lowest BCUT2D eigenvalue weighted by atomic mass is 9.83.